The molecule has 0 atom stereocenters. The predicted molar refractivity (Wildman–Crippen MR) is 363 cm³/mol. The Morgan fingerprint density at radius 3 is 0.565 bits per heavy atom. The summed E-state index contributed by atoms with van der Waals surface area (Å²) in [6.07, 6.45) is 1.23. The van der Waals surface area contributed by atoms with Crippen LogP contribution in [-0.4, -0.2) is 142 Å². The van der Waals surface area contributed by atoms with E-state index >= 15 is 0 Å². The number of ether oxygens (including phenoxy) is 4. The summed E-state index contributed by atoms with van der Waals surface area (Å²) in [5.41, 5.74) is 7.58. The van der Waals surface area contributed by atoms with Crippen molar-refractivity contribution in [1.82, 2.24) is 39.5 Å². The van der Waals surface area contributed by atoms with Gasteiger partial charge in [-0.25, -0.2) is 0 Å². The summed E-state index contributed by atoms with van der Waals surface area (Å²) >= 11 is 0. The molecule has 0 saturated heterocycles. The van der Waals surface area contributed by atoms with Crippen molar-refractivity contribution >= 4 is 23.6 Å². The Hall–Kier alpha value is -8.92. The summed E-state index contributed by atoms with van der Waals surface area (Å²) in [5, 5.41) is 0. The van der Waals surface area contributed by atoms with E-state index in [-0.39, 0.29) is 50.1 Å². The van der Waals surface area contributed by atoms with E-state index < -0.39 is 21.7 Å². The van der Waals surface area contributed by atoms with Crippen molar-refractivity contribution < 1.29 is 38.1 Å². The molecule has 4 N–H and O–H groups in total. The predicted octanol–water partition coefficient (Wildman–Crippen LogP) is 12.5. The molecule has 0 unspecified atom stereocenters. The third-order valence-electron chi connectivity index (χ3n) is 19.2. The second kappa shape index (κ2) is 29.6. The fraction of sp³-hybridized carbons (Fsp3) is 0.421. The highest BCUT2D eigenvalue weighted by molar-refractivity contribution is 5.80. The molecule has 0 radical (unpaired) electrons. The van der Waals surface area contributed by atoms with Gasteiger partial charge in [0, 0.05) is 97.9 Å². The van der Waals surface area contributed by atoms with Gasteiger partial charge in [0.2, 0.25) is 23.6 Å². The van der Waals surface area contributed by atoms with Crippen LogP contribution in [-0.2, 0) is 66.5 Å². The third kappa shape index (κ3) is 14.9. The normalized spacial score (nSPS) is 18.4. The number of carbonyl (C=O) groups is 4. The maximum atomic E-state index is 13.1. The van der Waals surface area contributed by atoms with Crippen LogP contribution in [0.3, 0.4) is 0 Å². The van der Waals surface area contributed by atoms with E-state index in [0.717, 1.165) is 67.8 Å². The van der Waals surface area contributed by atoms with E-state index in [1.54, 1.807) is 0 Å². The van der Waals surface area contributed by atoms with Gasteiger partial charge in [-0.3, -0.25) is 19.2 Å². The van der Waals surface area contributed by atoms with Gasteiger partial charge in [0.25, 0.3) is 0 Å². The van der Waals surface area contributed by atoms with Crippen molar-refractivity contribution in [3.05, 3.63) is 213 Å². The summed E-state index contributed by atoms with van der Waals surface area (Å²) in [7, 11) is 0. The maximum Gasteiger partial charge on any atom is 0.226 e. The van der Waals surface area contributed by atoms with Gasteiger partial charge in [0.1, 0.15) is 49.4 Å². The van der Waals surface area contributed by atoms with Crippen LogP contribution >= 0.6 is 0 Å². The van der Waals surface area contributed by atoms with Crippen LogP contribution in [0.25, 0.3) is 0 Å². The number of aromatic nitrogens is 4. The van der Waals surface area contributed by atoms with Crippen LogP contribution in [0, 0.1) is 0 Å². The Morgan fingerprint density at radius 2 is 0.424 bits per heavy atom. The Labute approximate surface area is 544 Å². The zero-order valence-corrected chi connectivity index (χ0v) is 56.2. The van der Waals surface area contributed by atoms with Gasteiger partial charge >= 0.3 is 0 Å². The lowest BCUT2D eigenvalue weighted by molar-refractivity contribution is -0.130. The zero-order valence-electron chi connectivity index (χ0n) is 56.2. The molecule has 4 amide bonds. The van der Waals surface area contributed by atoms with Gasteiger partial charge in [-0.2, -0.15) is 0 Å². The lowest BCUT2D eigenvalue weighted by Crippen LogP contribution is -2.37. The van der Waals surface area contributed by atoms with E-state index in [4.69, 9.17) is 18.9 Å². The van der Waals surface area contributed by atoms with Gasteiger partial charge in [-0.1, -0.05) is 48.5 Å². The molecule has 4 aromatic heterocycles. The molecule has 0 fully saturated rings. The number of H-pyrrole nitrogens is 4. The number of hydrogen-bond acceptors (Lipinski definition) is 8. The zero-order chi connectivity index (χ0) is 65.8. The Kier molecular flexibility index (Phi) is 21.7. The summed E-state index contributed by atoms with van der Waals surface area (Å²) in [6, 6.07) is 48.4. The van der Waals surface area contributed by atoms with E-state index in [1.807, 2.05) is 172 Å². The first kappa shape index (κ1) is 67.5. The summed E-state index contributed by atoms with van der Waals surface area (Å²) in [4.78, 5) is 75.7. The minimum Gasteiger partial charge on any atom is -0.492 e. The number of likely N-dealkylation sites (N-methyl/N-ethyl adjacent to an activating group) is 4. The number of nitrogens with one attached hydrogen (secondary N) is 4. The molecule has 0 aliphatic carbocycles. The molecule has 16 nitrogen and oxygen atoms in total. The largest absolute Gasteiger partial charge is 0.492 e. The van der Waals surface area contributed by atoms with Gasteiger partial charge in [-0.15, -0.1) is 0 Å². The third-order valence-corrected chi connectivity index (χ3v) is 19.2. The summed E-state index contributed by atoms with van der Waals surface area (Å²) in [6.45, 7) is 30.9. The van der Waals surface area contributed by atoms with E-state index in [0.29, 0.717) is 101 Å². The van der Waals surface area contributed by atoms with Crippen molar-refractivity contribution in [1.29, 1.82) is 0 Å². The van der Waals surface area contributed by atoms with Crippen molar-refractivity contribution in [2.45, 2.75) is 130 Å². The average molecular weight is 1250 g/mol. The molecule has 4 aromatic carbocycles. The van der Waals surface area contributed by atoms with Crippen LogP contribution < -0.4 is 18.9 Å². The Morgan fingerprint density at radius 1 is 0.272 bits per heavy atom. The molecule has 16 heteroatoms. The number of fused-ring (bicyclic) bond motifs is 8. The van der Waals surface area contributed by atoms with E-state index in [2.05, 4.69) is 96.2 Å². The molecule has 1 aliphatic heterocycles. The lowest BCUT2D eigenvalue weighted by atomic mass is 9.83. The number of nitrogens with zero attached hydrogens (tertiary/aromatic N) is 4. The van der Waals surface area contributed by atoms with Gasteiger partial charge in [0.15, 0.2) is 0 Å². The van der Waals surface area contributed by atoms with Crippen molar-refractivity contribution in [2.24, 2.45) is 0 Å². The number of carbonyl (C=O) groups excluding carboxylic acids is 4. The molecule has 1 aliphatic rings. The minimum atomic E-state index is -0.817. The SMILES string of the molecule is CCN(CC)C(=O)Cc1ccc(OCC2(C)c3ccc([nH]3)C(C)(COc3ccc(CC(=O)N(CC)CC)cc3)c3ccc([nH]3)C(C)(COc3ccc(CC(=O)N(CC)CC)cc3)c3ccc([nH]3)C(C)(COc3ccc(CC(=O)N(CC)CC)cc3)c3ccc2[nH]3)cc1. The molecule has 488 valence electrons. The number of rotatable bonds is 28. The highest BCUT2D eigenvalue weighted by atomic mass is 16.5. The fourth-order valence-corrected chi connectivity index (χ4v) is 12.5. The lowest BCUT2D eigenvalue weighted by Gasteiger charge is -2.33. The van der Waals surface area contributed by atoms with Gasteiger partial charge in [-0.05, 0) is 202 Å². The van der Waals surface area contributed by atoms with E-state index in [9.17, 15) is 19.2 Å². The first-order valence-corrected chi connectivity index (χ1v) is 33.0. The van der Waals surface area contributed by atoms with Crippen LogP contribution in [0.15, 0.2) is 146 Å². The van der Waals surface area contributed by atoms with Crippen LogP contribution in [0.1, 0.15) is 151 Å². The van der Waals surface area contributed by atoms with Gasteiger partial charge in [0.05, 0.1) is 47.3 Å². The highest BCUT2D eigenvalue weighted by Crippen LogP contribution is 2.43. The number of hydrogen-bond donors (Lipinski definition) is 4. The Balaban J connectivity index is 1.13. The Bertz CT molecular complexity index is 3150. The first-order chi connectivity index (χ1) is 44.3. The summed E-state index contributed by atoms with van der Waals surface area (Å²) < 4.78 is 27.4. The standard InChI is InChI=1S/C76H96N8O8/c1-13-81(14-2)69(85)45-53-21-29-57(30-22-53)89-49-73(9)61-37-39-63(77-61)74(10,50-90-58-31-23-54(24-32-58)46-70(86)82(15-3)16-4)65-41-43-67(79-65)76(12,52-92-60-35-27-56(28-36-60)48-72(88)84(19-7)20-8)68-44-42-66(80-68)75(11,64-40-38-62(73)78-64)51-91-59-33-25-55(26-34-59)47-71(87)83(17-5)18-6/h21-44,77-80H,13-20,45-52H2,1-12H3. The molecule has 8 bridgehead atoms. The molecule has 0 saturated carbocycles. The number of amides is 4. The highest BCUT2D eigenvalue weighted by Gasteiger charge is 2.43. The van der Waals surface area contributed by atoms with Crippen molar-refractivity contribution in [3.8, 4) is 23.0 Å². The van der Waals surface area contributed by atoms with Crippen LogP contribution in [0.5, 0.6) is 23.0 Å². The quantitative estimate of drug-likeness (QED) is 0.0374. The molecule has 92 heavy (non-hydrogen) atoms. The molecule has 8 aromatic rings. The van der Waals surface area contributed by atoms with Crippen LogP contribution in [0.4, 0.5) is 0 Å². The van der Waals surface area contributed by atoms with Crippen molar-refractivity contribution in [3.63, 3.8) is 0 Å². The first-order valence-electron chi connectivity index (χ1n) is 33.0. The minimum absolute atomic E-state index is 0.0879. The average Bonchev–Trinajstić information content (AvgIpc) is 1.59. The monoisotopic (exact) mass is 1250 g/mol. The van der Waals surface area contributed by atoms with Gasteiger partial charge < -0.3 is 58.5 Å². The van der Waals surface area contributed by atoms with E-state index in [1.165, 1.54) is 0 Å². The molecule has 9 rings (SSSR count). The second-order valence-corrected chi connectivity index (χ2v) is 25.2. The molecular weight excluding hydrogens is 1150 g/mol. The fourth-order valence-electron chi connectivity index (χ4n) is 12.5. The molecular formula is C76H96N8O8. The molecule has 0 spiro atoms. The maximum absolute atomic E-state index is 13.1. The number of benzene rings is 4. The number of aromatic amines is 4. The smallest absolute Gasteiger partial charge is 0.226 e. The topological polar surface area (TPSA) is 181 Å². The van der Waals surface area contributed by atoms with Crippen LogP contribution in [0.2, 0.25) is 0 Å². The summed E-state index contributed by atoms with van der Waals surface area (Å²) in [5.74, 6) is 3.03. The second-order valence-electron chi connectivity index (χ2n) is 25.2. The molecule has 5 heterocycles. The van der Waals surface area contributed by atoms with Crippen molar-refractivity contribution in [2.75, 3.05) is 78.8 Å².